The summed E-state index contributed by atoms with van der Waals surface area (Å²) < 4.78 is 0. The molecule has 1 aliphatic rings. The van der Waals surface area contributed by atoms with Crippen LogP contribution in [0.4, 0.5) is 0 Å². The van der Waals surface area contributed by atoms with Gasteiger partial charge < -0.3 is 0 Å². The smallest absolute Gasteiger partial charge is 0.169 e. The number of benzene rings is 1. The maximum atomic E-state index is 12.5. The number of Topliss-reactive ketones (excluding diaryl/α,β-unsaturated/α-hetero) is 1. The highest BCUT2D eigenvalue weighted by atomic mass is 16.1. The molecule has 0 bridgehead atoms. The molecule has 1 aromatic carbocycles. The zero-order valence-electron chi connectivity index (χ0n) is 11.5. The first-order valence-corrected chi connectivity index (χ1v) is 6.50. The van der Waals surface area contributed by atoms with Crippen LogP contribution in [0.3, 0.4) is 0 Å². The van der Waals surface area contributed by atoms with E-state index in [0.29, 0.717) is 5.92 Å². The molecule has 0 radical (unpaired) electrons. The van der Waals surface area contributed by atoms with E-state index in [1.54, 1.807) is 0 Å². The van der Waals surface area contributed by atoms with Gasteiger partial charge in [-0.2, -0.15) is 0 Å². The lowest BCUT2D eigenvalue weighted by Crippen LogP contribution is -2.17. The molecule has 2 unspecified atom stereocenters. The molecule has 0 saturated carbocycles. The Morgan fingerprint density at radius 2 is 1.78 bits per heavy atom. The minimum absolute atomic E-state index is 0.0314. The van der Waals surface area contributed by atoms with Crippen LogP contribution in [-0.2, 0) is 0 Å². The summed E-state index contributed by atoms with van der Waals surface area (Å²) >= 11 is 0. The number of hydrogen-bond acceptors (Lipinski definition) is 1. The Morgan fingerprint density at radius 1 is 1.17 bits per heavy atom. The fourth-order valence-corrected chi connectivity index (χ4v) is 2.85. The highest BCUT2D eigenvalue weighted by Gasteiger charge is 2.28. The van der Waals surface area contributed by atoms with Crippen molar-refractivity contribution in [3.05, 3.63) is 58.7 Å². The summed E-state index contributed by atoms with van der Waals surface area (Å²) in [6.45, 7) is 8.46. The van der Waals surface area contributed by atoms with E-state index in [2.05, 4.69) is 26.8 Å². The van der Waals surface area contributed by atoms with Gasteiger partial charge >= 0.3 is 0 Å². The molecule has 0 spiro atoms. The fourth-order valence-electron chi connectivity index (χ4n) is 2.85. The van der Waals surface area contributed by atoms with Gasteiger partial charge in [-0.1, -0.05) is 61.4 Å². The molecule has 2 atom stereocenters. The van der Waals surface area contributed by atoms with Crippen molar-refractivity contribution in [1.29, 1.82) is 0 Å². The van der Waals surface area contributed by atoms with Crippen LogP contribution in [0.1, 0.15) is 38.1 Å². The van der Waals surface area contributed by atoms with Crippen LogP contribution in [-0.4, -0.2) is 5.78 Å². The van der Waals surface area contributed by atoms with E-state index in [-0.39, 0.29) is 11.7 Å². The molecule has 0 saturated heterocycles. The van der Waals surface area contributed by atoms with Crippen molar-refractivity contribution in [2.75, 3.05) is 0 Å². The van der Waals surface area contributed by atoms with Crippen molar-refractivity contribution in [2.45, 2.75) is 27.7 Å². The van der Waals surface area contributed by atoms with Crippen molar-refractivity contribution in [3.63, 3.8) is 0 Å². The second kappa shape index (κ2) is 4.93. The Balaban J connectivity index is 2.27. The summed E-state index contributed by atoms with van der Waals surface area (Å²) in [7, 11) is 0. The molecular weight excluding hydrogens is 220 g/mol. The van der Waals surface area contributed by atoms with E-state index in [0.717, 1.165) is 5.56 Å². The van der Waals surface area contributed by atoms with Gasteiger partial charge in [0.15, 0.2) is 5.78 Å². The minimum atomic E-state index is -0.0314. The molecule has 0 fully saturated rings. The van der Waals surface area contributed by atoms with E-state index >= 15 is 0 Å². The third-order valence-electron chi connectivity index (χ3n) is 3.97. The standard InChI is InChI=1S/C17H20O/c1-11-10-12(2)16(13(11)3)14(4)17(18)15-8-6-5-7-9-15/h5-10,13-14H,1-4H3. The monoisotopic (exact) mass is 240 g/mol. The molecule has 0 heterocycles. The van der Waals surface area contributed by atoms with Crippen LogP contribution in [0, 0.1) is 11.8 Å². The van der Waals surface area contributed by atoms with Gasteiger partial charge in [0.2, 0.25) is 0 Å². The molecule has 0 aromatic heterocycles. The molecule has 0 aliphatic heterocycles. The van der Waals surface area contributed by atoms with Gasteiger partial charge in [0.25, 0.3) is 0 Å². The van der Waals surface area contributed by atoms with Crippen molar-refractivity contribution in [3.8, 4) is 0 Å². The van der Waals surface area contributed by atoms with Gasteiger partial charge in [-0.05, 0) is 25.3 Å². The van der Waals surface area contributed by atoms with E-state index < -0.39 is 0 Å². The summed E-state index contributed by atoms with van der Waals surface area (Å²) in [5, 5.41) is 0. The summed E-state index contributed by atoms with van der Waals surface area (Å²) in [5.74, 6) is 0.587. The lowest BCUT2D eigenvalue weighted by molar-refractivity contribution is 0.0944. The minimum Gasteiger partial charge on any atom is -0.294 e. The van der Waals surface area contributed by atoms with Gasteiger partial charge in [-0.3, -0.25) is 4.79 Å². The number of hydrogen-bond donors (Lipinski definition) is 0. The van der Waals surface area contributed by atoms with E-state index in [1.165, 1.54) is 16.7 Å². The molecule has 1 nitrogen and oxygen atoms in total. The maximum Gasteiger partial charge on any atom is 0.169 e. The molecule has 1 aromatic rings. The van der Waals surface area contributed by atoms with Gasteiger partial charge in [-0.25, -0.2) is 0 Å². The molecule has 0 amide bonds. The highest BCUT2D eigenvalue weighted by molar-refractivity contribution is 5.99. The van der Waals surface area contributed by atoms with Crippen molar-refractivity contribution in [1.82, 2.24) is 0 Å². The average molecular weight is 240 g/mol. The molecular formula is C17H20O. The Morgan fingerprint density at radius 3 is 2.28 bits per heavy atom. The summed E-state index contributed by atoms with van der Waals surface area (Å²) in [5.41, 5.74) is 4.70. The lowest BCUT2D eigenvalue weighted by atomic mass is 9.84. The fraction of sp³-hybridized carbons (Fsp3) is 0.353. The summed E-state index contributed by atoms with van der Waals surface area (Å²) in [6.07, 6.45) is 2.20. The zero-order chi connectivity index (χ0) is 13.3. The first-order valence-electron chi connectivity index (χ1n) is 6.50. The molecule has 18 heavy (non-hydrogen) atoms. The predicted molar refractivity (Wildman–Crippen MR) is 75.6 cm³/mol. The Bertz CT molecular complexity index is 520. The van der Waals surface area contributed by atoms with Crippen LogP contribution in [0.15, 0.2) is 53.1 Å². The third kappa shape index (κ3) is 2.17. The molecule has 1 aliphatic carbocycles. The largest absolute Gasteiger partial charge is 0.294 e. The maximum absolute atomic E-state index is 12.5. The SMILES string of the molecule is CC1=CC(C)=C(C(C)C(=O)c2ccccc2)C1C. The van der Waals surface area contributed by atoms with E-state index in [1.807, 2.05) is 37.3 Å². The second-order valence-corrected chi connectivity index (χ2v) is 5.20. The Labute approximate surface area is 109 Å². The molecule has 94 valence electrons. The van der Waals surface area contributed by atoms with Gasteiger partial charge in [0, 0.05) is 11.5 Å². The van der Waals surface area contributed by atoms with Crippen LogP contribution < -0.4 is 0 Å². The number of allylic oxidation sites excluding steroid dienone is 4. The van der Waals surface area contributed by atoms with Crippen molar-refractivity contribution in [2.24, 2.45) is 11.8 Å². The van der Waals surface area contributed by atoms with Crippen LogP contribution >= 0.6 is 0 Å². The zero-order valence-corrected chi connectivity index (χ0v) is 11.5. The quantitative estimate of drug-likeness (QED) is 0.715. The third-order valence-corrected chi connectivity index (χ3v) is 3.97. The van der Waals surface area contributed by atoms with E-state index in [9.17, 15) is 4.79 Å². The van der Waals surface area contributed by atoms with E-state index in [4.69, 9.17) is 0 Å². The number of ketones is 1. The Kier molecular flexibility index (Phi) is 3.51. The predicted octanol–water partition coefficient (Wildman–Crippen LogP) is 4.42. The van der Waals surface area contributed by atoms with Crippen LogP contribution in [0.5, 0.6) is 0 Å². The van der Waals surface area contributed by atoms with Crippen LogP contribution in [0.2, 0.25) is 0 Å². The van der Waals surface area contributed by atoms with Crippen LogP contribution in [0.25, 0.3) is 0 Å². The lowest BCUT2D eigenvalue weighted by Gasteiger charge is -2.19. The number of carbonyl (C=O) groups is 1. The summed E-state index contributed by atoms with van der Waals surface area (Å²) in [4.78, 5) is 12.5. The number of rotatable bonds is 3. The van der Waals surface area contributed by atoms with Crippen molar-refractivity contribution < 1.29 is 4.79 Å². The second-order valence-electron chi connectivity index (χ2n) is 5.20. The van der Waals surface area contributed by atoms with Gasteiger partial charge in [-0.15, -0.1) is 0 Å². The number of carbonyl (C=O) groups excluding carboxylic acids is 1. The topological polar surface area (TPSA) is 17.1 Å². The average Bonchev–Trinajstić information content (AvgIpc) is 2.63. The highest BCUT2D eigenvalue weighted by Crippen LogP contribution is 2.36. The van der Waals surface area contributed by atoms with Crippen molar-refractivity contribution >= 4 is 5.78 Å². The first kappa shape index (κ1) is 12.8. The molecule has 0 N–H and O–H groups in total. The first-order chi connectivity index (χ1) is 8.52. The normalized spacial score (nSPS) is 20.9. The molecule has 1 heteroatoms. The van der Waals surface area contributed by atoms with Gasteiger partial charge in [0.1, 0.15) is 0 Å². The summed E-state index contributed by atoms with van der Waals surface area (Å²) in [6, 6.07) is 9.57. The molecule has 2 rings (SSSR count). The van der Waals surface area contributed by atoms with Gasteiger partial charge in [0.05, 0.1) is 0 Å². The Hall–Kier alpha value is -1.63.